The zero-order chi connectivity index (χ0) is 21.9. The first-order valence-corrected chi connectivity index (χ1v) is 9.07. The molecule has 2 heterocycles. The number of hydrogen-bond acceptors (Lipinski definition) is 13. The highest BCUT2D eigenvalue weighted by Crippen LogP contribution is 2.29. The predicted octanol–water partition coefficient (Wildman–Crippen LogP) is 0.866. The molecule has 166 valence electrons. The lowest BCUT2D eigenvalue weighted by Crippen LogP contribution is -2.36. The molecule has 0 bridgehead atoms. The van der Waals surface area contributed by atoms with Crippen molar-refractivity contribution in [2.24, 2.45) is 4.99 Å². The molecule has 0 aromatic carbocycles. The highest BCUT2D eigenvalue weighted by molar-refractivity contribution is 6.32. The van der Waals surface area contributed by atoms with Crippen molar-refractivity contribution >= 4 is 29.4 Å². The molecular weight excluding hydrogens is 428 g/mol. The summed E-state index contributed by atoms with van der Waals surface area (Å²) < 4.78 is 20.1. The van der Waals surface area contributed by atoms with Crippen molar-refractivity contribution in [3.8, 4) is 5.88 Å². The molecular formula is C15H21ClN6O8. The largest absolute Gasteiger partial charge is 0.510 e. The first kappa shape index (κ1) is 23.2. The minimum Gasteiger partial charge on any atom is -0.479 e. The Morgan fingerprint density at radius 3 is 2.77 bits per heavy atom. The van der Waals surface area contributed by atoms with Crippen LogP contribution in [0.3, 0.4) is 0 Å². The van der Waals surface area contributed by atoms with E-state index in [4.69, 9.17) is 30.5 Å². The Bertz CT molecular complexity index is 780. The van der Waals surface area contributed by atoms with E-state index < -0.39 is 11.2 Å². The van der Waals surface area contributed by atoms with Gasteiger partial charge in [0, 0.05) is 6.54 Å². The van der Waals surface area contributed by atoms with Gasteiger partial charge in [-0.15, -0.1) is 10.1 Å². The molecule has 0 atom stereocenters. The van der Waals surface area contributed by atoms with Crippen LogP contribution in [0.1, 0.15) is 5.82 Å². The Morgan fingerprint density at radius 2 is 2.03 bits per heavy atom. The van der Waals surface area contributed by atoms with E-state index in [1.165, 1.54) is 7.11 Å². The highest BCUT2D eigenvalue weighted by Gasteiger charge is 2.22. The molecule has 0 saturated carbocycles. The van der Waals surface area contributed by atoms with Gasteiger partial charge >= 0.3 is 6.16 Å². The van der Waals surface area contributed by atoms with Crippen molar-refractivity contribution in [1.29, 1.82) is 0 Å². The number of halogens is 1. The zero-order valence-electron chi connectivity index (χ0n) is 16.3. The van der Waals surface area contributed by atoms with E-state index in [1.54, 1.807) is 11.8 Å². The zero-order valence-corrected chi connectivity index (χ0v) is 17.1. The smallest absolute Gasteiger partial charge is 0.479 e. The van der Waals surface area contributed by atoms with Crippen molar-refractivity contribution in [2.75, 3.05) is 58.7 Å². The first-order chi connectivity index (χ1) is 14.4. The fraction of sp³-hybridized carbons (Fsp3) is 0.600. The number of methoxy groups -OCH3 is 1. The maximum absolute atomic E-state index is 11.7. The van der Waals surface area contributed by atoms with Crippen LogP contribution >= 0.6 is 11.6 Å². The molecule has 1 aliphatic heterocycles. The minimum atomic E-state index is -0.919. The van der Waals surface area contributed by atoms with Crippen LogP contribution in [-0.4, -0.2) is 85.4 Å². The average Bonchev–Trinajstić information content (AvgIpc) is 3.14. The van der Waals surface area contributed by atoms with Crippen molar-refractivity contribution in [2.45, 2.75) is 6.92 Å². The summed E-state index contributed by atoms with van der Waals surface area (Å²) in [5.41, 5.74) is 0.344. The standard InChI is InChI=1S/C15H21ClN6O8/c1-10-18-12(16)11(13(19-10)26-2)20-14-17-3-4-21(14)9-29-15(23)28-7-5-27-6-8-30-22(24)25/h3-9H2,1-2H3,(H,17,20). The summed E-state index contributed by atoms with van der Waals surface area (Å²) in [5.74, 6) is 1.11. The Hall–Kier alpha value is -3.13. The number of anilines is 1. The second-order valence-electron chi connectivity index (χ2n) is 5.58. The molecule has 0 aliphatic carbocycles. The van der Waals surface area contributed by atoms with Crippen LogP contribution in [0.15, 0.2) is 4.99 Å². The van der Waals surface area contributed by atoms with Gasteiger partial charge in [-0.1, -0.05) is 11.6 Å². The monoisotopic (exact) mass is 448 g/mol. The quantitative estimate of drug-likeness (QED) is 0.167. The van der Waals surface area contributed by atoms with Crippen LogP contribution in [0.5, 0.6) is 5.88 Å². The van der Waals surface area contributed by atoms with Crippen molar-refractivity contribution in [1.82, 2.24) is 14.9 Å². The molecule has 1 N–H and O–H groups in total. The van der Waals surface area contributed by atoms with Crippen LogP contribution in [-0.2, 0) is 19.0 Å². The molecule has 0 amide bonds. The van der Waals surface area contributed by atoms with Gasteiger partial charge in [-0.2, -0.15) is 4.98 Å². The summed E-state index contributed by atoms with van der Waals surface area (Å²) in [6.07, 6.45) is -0.902. The van der Waals surface area contributed by atoms with Gasteiger partial charge in [0.15, 0.2) is 11.9 Å². The van der Waals surface area contributed by atoms with Crippen LogP contribution in [0.25, 0.3) is 0 Å². The van der Waals surface area contributed by atoms with Gasteiger partial charge in [0.1, 0.15) is 24.7 Å². The molecule has 0 saturated heterocycles. The summed E-state index contributed by atoms with van der Waals surface area (Å²) in [5, 5.41) is 12.2. The average molecular weight is 449 g/mol. The third kappa shape index (κ3) is 7.36. The number of rotatable bonds is 11. The van der Waals surface area contributed by atoms with E-state index in [0.29, 0.717) is 30.6 Å². The lowest BCUT2D eigenvalue weighted by molar-refractivity contribution is -0.758. The number of nitrogens with zero attached hydrogens (tertiary/aromatic N) is 5. The summed E-state index contributed by atoms with van der Waals surface area (Å²) in [6.45, 7) is 2.30. The summed E-state index contributed by atoms with van der Waals surface area (Å²) in [7, 11) is 1.45. The lowest BCUT2D eigenvalue weighted by Gasteiger charge is -2.21. The highest BCUT2D eigenvalue weighted by atomic mass is 35.5. The maximum Gasteiger partial charge on any atom is 0.510 e. The second-order valence-corrected chi connectivity index (χ2v) is 5.94. The fourth-order valence-electron chi connectivity index (χ4n) is 2.23. The number of carbonyl (C=O) groups is 1. The van der Waals surface area contributed by atoms with Crippen molar-refractivity contribution in [3.05, 3.63) is 21.1 Å². The van der Waals surface area contributed by atoms with Crippen LogP contribution in [0.4, 0.5) is 10.5 Å². The molecule has 0 spiro atoms. The minimum absolute atomic E-state index is 0.00654. The SMILES string of the molecule is COc1nc(C)nc(Cl)c1NC1=NCCN1COC(=O)OCCOCCO[N+](=O)[O-]. The third-order valence-corrected chi connectivity index (χ3v) is 3.79. The van der Waals surface area contributed by atoms with E-state index in [0.717, 1.165) is 0 Å². The molecule has 14 nitrogen and oxygen atoms in total. The van der Waals surface area contributed by atoms with E-state index in [9.17, 15) is 14.9 Å². The number of aliphatic imine (C=N–C) groups is 1. The van der Waals surface area contributed by atoms with Crippen LogP contribution < -0.4 is 10.1 Å². The number of aryl methyl sites for hydroxylation is 1. The molecule has 30 heavy (non-hydrogen) atoms. The Kier molecular flexibility index (Phi) is 9.08. The molecule has 1 aromatic rings. The number of hydrogen-bond donors (Lipinski definition) is 1. The van der Waals surface area contributed by atoms with Gasteiger partial charge in [-0.3, -0.25) is 4.99 Å². The van der Waals surface area contributed by atoms with E-state index in [2.05, 4.69) is 25.1 Å². The van der Waals surface area contributed by atoms with E-state index in [-0.39, 0.29) is 44.2 Å². The number of ether oxygens (including phenoxy) is 4. The van der Waals surface area contributed by atoms with Crippen molar-refractivity contribution in [3.63, 3.8) is 0 Å². The molecule has 1 aliphatic rings. The number of guanidine groups is 1. The first-order valence-electron chi connectivity index (χ1n) is 8.70. The Balaban J connectivity index is 1.73. The number of aromatic nitrogens is 2. The summed E-state index contributed by atoms with van der Waals surface area (Å²) >= 11 is 6.16. The molecule has 1 aromatic heterocycles. The third-order valence-electron chi connectivity index (χ3n) is 3.51. The fourth-order valence-corrected chi connectivity index (χ4v) is 2.48. The van der Waals surface area contributed by atoms with Crippen molar-refractivity contribution < 1.29 is 33.7 Å². The van der Waals surface area contributed by atoms with Crippen LogP contribution in [0.2, 0.25) is 5.15 Å². The number of carbonyl (C=O) groups excluding carboxylic acids is 1. The summed E-state index contributed by atoms with van der Waals surface area (Å²) in [4.78, 5) is 39.9. The van der Waals surface area contributed by atoms with Crippen LogP contribution in [0, 0.1) is 17.0 Å². The normalized spacial score (nSPS) is 12.9. The van der Waals surface area contributed by atoms with Gasteiger partial charge in [-0.25, -0.2) is 9.78 Å². The lowest BCUT2D eigenvalue weighted by atomic mass is 10.4. The topological polar surface area (TPSA) is 160 Å². The molecule has 2 rings (SSSR count). The Labute approximate surface area is 176 Å². The molecule has 15 heteroatoms. The second kappa shape index (κ2) is 11.8. The maximum atomic E-state index is 11.7. The Morgan fingerprint density at radius 1 is 1.27 bits per heavy atom. The number of nitrogens with one attached hydrogen (secondary N) is 1. The van der Waals surface area contributed by atoms with Gasteiger partial charge < -0.3 is 34.0 Å². The van der Waals surface area contributed by atoms with Gasteiger partial charge in [-0.05, 0) is 6.92 Å². The van der Waals surface area contributed by atoms with Gasteiger partial charge in [0.2, 0.25) is 11.8 Å². The van der Waals surface area contributed by atoms with Gasteiger partial charge in [0.25, 0.3) is 5.09 Å². The summed E-state index contributed by atoms with van der Waals surface area (Å²) in [6, 6.07) is 0. The molecule has 0 unspecified atom stereocenters. The molecule has 0 fully saturated rings. The molecule has 0 radical (unpaired) electrons. The van der Waals surface area contributed by atoms with E-state index >= 15 is 0 Å². The predicted molar refractivity (Wildman–Crippen MR) is 102 cm³/mol. The van der Waals surface area contributed by atoms with E-state index in [1.807, 2.05) is 0 Å². The van der Waals surface area contributed by atoms with Gasteiger partial charge in [0.05, 0.1) is 26.9 Å².